The standard InChI is InChI=1S/C14H20ClN3O2/c1-9(18-6-5-14(2,20)8-18)13(19)17-10-3-4-11(15)12(16)7-10/h3-4,7,9,20H,5-6,8,16H2,1-2H3,(H,17,19). The topological polar surface area (TPSA) is 78.6 Å². The van der Waals surface area contributed by atoms with E-state index in [9.17, 15) is 9.90 Å². The van der Waals surface area contributed by atoms with Crippen molar-refractivity contribution in [2.75, 3.05) is 24.1 Å². The Morgan fingerprint density at radius 1 is 1.60 bits per heavy atom. The predicted octanol–water partition coefficient (Wildman–Crippen LogP) is 1.71. The number of amides is 1. The van der Waals surface area contributed by atoms with Gasteiger partial charge in [-0.3, -0.25) is 9.69 Å². The number of β-amino-alcohol motifs (C(OH)–C–C–N with tert-alkyl or cyclic N) is 1. The van der Waals surface area contributed by atoms with E-state index in [-0.39, 0.29) is 11.9 Å². The number of anilines is 2. The lowest BCUT2D eigenvalue weighted by Crippen LogP contribution is -2.42. The van der Waals surface area contributed by atoms with Gasteiger partial charge in [0.15, 0.2) is 0 Å². The van der Waals surface area contributed by atoms with Crippen LogP contribution in [0.1, 0.15) is 20.3 Å². The summed E-state index contributed by atoms with van der Waals surface area (Å²) in [6.45, 7) is 4.84. The minimum Gasteiger partial charge on any atom is -0.397 e. The van der Waals surface area contributed by atoms with Crippen LogP contribution in [-0.2, 0) is 4.79 Å². The summed E-state index contributed by atoms with van der Waals surface area (Å²) >= 11 is 5.84. The third-order valence-corrected chi connectivity index (χ3v) is 4.02. The van der Waals surface area contributed by atoms with E-state index in [1.165, 1.54) is 0 Å². The van der Waals surface area contributed by atoms with Gasteiger partial charge in [-0.25, -0.2) is 0 Å². The first-order valence-corrected chi connectivity index (χ1v) is 6.99. The van der Waals surface area contributed by atoms with Crippen molar-refractivity contribution in [2.24, 2.45) is 0 Å². The number of benzene rings is 1. The van der Waals surface area contributed by atoms with Gasteiger partial charge in [0.2, 0.25) is 5.91 Å². The molecule has 1 fully saturated rings. The van der Waals surface area contributed by atoms with Crippen LogP contribution in [-0.4, -0.2) is 40.6 Å². The predicted molar refractivity (Wildman–Crippen MR) is 80.8 cm³/mol. The number of carbonyl (C=O) groups is 1. The Morgan fingerprint density at radius 3 is 2.85 bits per heavy atom. The van der Waals surface area contributed by atoms with Crippen LogP contribution in [0.25, 0.3) is 0 Å². The molecule has 0 radical (unpaired) electrons. The second kappa shape index (κ2) is 5.60. The summed E-state index contributed by atoms with van der Waals surface area (Å²) in [5.41, 5.74) is 6.05. The van der Waals surface area contributed by atoms with E-state index in [1.54, 1.807) is 25.1 Å². The molecule has 1 aliphatic heterocycles. The van der Waals surface area contributed by atoms with Gasteiger partial charge < -0.3 is 16.2 Å². The number of nitrogens with one attached hydrogen (secondary N) is 1. The summed E-state index contributed by atoms with van der Waals surface area (Å²) in [5.74, 6) is -0.121. The SMILES string of the molecule is CC(C(=O)Nc1ccc(Cl)c(N)c1)N1CCC(C)(O)C1. The fourth-order valence-electron chi connectivity index (χ4n) is 2.34. The molecule has 1 saturated heterocycles. The van der Waals surface area contributed by atoms with E-state index in [0.717, 1.165) is 0 Å². The lowest BCUT2D eigenvalue weighted by Gasteiger charge is -2.24. The number of hydrogen-bond acceptors (Lipinski definition) is 4. The molecule has 2 rings (SSSR count). The molecular formula is C14H20ClN3O2. The van der Waals surface area contributed by atoms with Crippen molar-refractivity contribution in [3.8, 4) is 0 Å². The second-order valence-electron chi connectivity index (χ2n) is 5.62. The van der Waals surface area contributed by atoms with Crippen molar-refractivity contribution in [3.05, 3.63) is 23.2 Å². The van der Waals surface area contributed by atoms with Gasteiger partial charge in [0.25, 0.3) is 0 Å². The highest BCUT2D eigenvalue weighted by Gasteiger charge is 2.35. The minimum absolute atomic E-state index is 0.121. The van der Waals surface area contributed by atoms with Gasteiger partial charge in [-0.1, -0.05) is 11.6 Å². The normalized spacial score (nSPS) is 24.6. The van der Waals surface area contributed by atoms with Gasteiger partial charge in [-0.2, -0.15) is 0 Å². The van der Waals surface area contributed by atoms with Crippen LogP contribution in [0.3, 0.4) is 0 Å². The van der Waals surface area contributed by atoms with Gasteiger partial charge in [-0.05, 0) is 38.5 Å². The van der Waals surface area contributed by atoms with Crippen molar-refractivity contribution in [1.29, 1.82) is 0 Å². The lowest BCUT2D eigenvalue weighted by atomic mass is 10.1. The maximum atomic E-state index is 12.2. The van der Waals surface area contributed by atoms with E-state index in [1.807, 2.05) is 11.8 Å². The summed E-state index contributed by atoms with van der Waals surface area (Å²) in [6, 6.07) is 4.69. The Balaban J connectivity index is 1.99. The molecule has 0 aromatic heterocycles. The molecule has 5 nitrogen and oxygen atoms in total. The number of nitrogen functional groups attached to an aromatic ring is 1. The van der Waals surface area contributed by atoms with Crippen molar-refractivity contribution >= 4 is 28.9 Å². The van der Waals surface area contributed by atoms with Gasteiger partial charge in [0.05, 0.1) is 22.4 Å². The van der Waals surface area contributed by atoms with Crippen molar-refractivity contribution in [2.45, 2.75) is 31.9 Å². The van der Waals surface area contributed by atoms with E-state index < -0.39 is 5.60 Å². The number of halogens is 1. The third kappa shape index (κ3) is 3.42. The van der Waals surface area contributed by atoms with Crippen LogP contribution < -0.4 is 11.1 Å². The zero-order valence-electron chi connectivity index (χ0n) is 11.7. The van der Waals surface area contributed by atoms with Gasteiger partial charge in [0.1, 0.15) is 0 Å². The fraction of sp³-hybridized carbons (Fsp3) is 0.500. The van der Waals surface area contributed by atoms with Crippen LogP contribution in [0, 0.1) is 0 Å². The fourth-order valence-corrected chi connectivity index (χ4v) is 2.46. The first kappa shape index (κ1) is 15.1. The lowest BCUT2D eigenvalue weighted by molar-refractivity contribution is -0.120. The van der Waals surface area contributed by atoms with Crippen LogP contribution in [0.4, 0.5) is 11.4 Å². The maximum Gasteiger partial charge on any atom is 0.241 e. The monoisotopic (exact) mass is 297 g/mol. The quantitative estimate of drug-likeness (QED) is 0.742. The number of aliphatic hydroxyl groups is 1. The van der Waals surface area contributed by atoms with Gasteiger partial charge >= 0.3 is 0 Å². The molecule has 110 valence electrons. The van der Waals surface area contributed by atoms with Crippen LogP contribution in [0.15, 0.2) is 18.2 Å². The largest absolute Gasteiger partial charge is 0.397 e. The molecule has 1 heterocycles. The second-order valence-corrected chi connectivity index (χ2v) is 6.03. The number of likely N-dealkylation sites (tertiary alicyclic amines) is 1. The number of rotatable bonds is 3. The smallest absolute Gasteiger partial charge is 0.241 e. The average Bonchev–Trinajstić information content (AvgIpc) is 2.73. The zero-order chi connectivity index (χ0) is 14.9. The number of carbonyl (C=O) groups excluding carboxylic acids is 1. The molecule has 0 bridgehead atoms. The zero-order valence-corrected chi connectivity index (χ0v) is 12.4. The van der Waals surface area contributed by atoms with E-state index >= 15 is 0 Å². The van der Waals surface area contributed by atoms with Crippen molar-refractivity contribution < 1.29 is 9.90 Å². The number of hydrogen-bond donors (Lipinski definition) is 3. The molecule has 2 atom stereocenters. The van der Waals surface area contributed by atoms with Gasteiger partial charge in [-0.15, -0.1) is 0 Å². The van der Waals surface area contributed by atoms with Crippen LogP contribution in [0.2, 0.25) is 5.02 Å². The molecule has 1 aromatic carbocycles. The van der Waals surface area contributed by atoms with Gasteiger partial charge in [0, 0.05) is 18.8 Å². The molecule has 4 N–H and O–H groups in total. The molecule has 1 aromatic rings. The van der Waals surface area contributed by atoms with E-state index in [0.29, 0.717) is 35.9 Å². The molecule has 0 spiro atoms. The summed E-state index contributed by atoms with van der Waals surface area (Å²) in [7, 11) is 0. The maximum absolute atomic E-state index is 12.2. The first-order valence-electron chi connectivity index (χ1n) is 6.61. The Bertz CT molecular complexity index is 519. The highest BCUT2D eigenvalue weighted by molar-refractivity contribution is 6.33. The molecule has 0 aliphatic carbocycles. The Labute approximate surface area is 123 Å². The summed E-state index contributed by atoms with van der Waals surface area (Å²) in [5, 5.41) is 13.2. The number of nitrogens with zero attached hydrogens (tertiary/aromatic N) is 1. The first-order chi connectivity index (χ1) is 9.28. The van der Waals surface area contributed by atoms with Crippen LogP contribution in [0.5, 0.6) is 0 Å². The summed E-state index contributed by atoms with van der Waals surface area (Å²) in [6.07, 6.45) is 0.679. The van der Waals surface area contributed by atoms with Crippen LogP contribution >= 0.6 is 11.6 Å². The molecule has 2 unspecified atom stereocenters. The highest BCUT2D eigenvalue weighted by atomic mass is 35.5. The van der Waals surface area contributed by atoms with E-state index in [2.05, 4.69) is 5.32 Å². The average molecular weight is 298 g/mol. The van der Waals surface area contributed by atoms with Crippen molar-refractivity contribution in [3.63, 3.8) is 0 Å². The molecule has 1 amide bonds. The van der Waals surface area contributed by atoms with Crippen molar-refractivity contribution in [1.82, 2.24) is 4.90 Å². The molecular weight excluding hydrogens is 278 g/mol. The highest BCUT2D eigenvalue weighted by Crippen LogP contribution is 2.24. The minimum atomic E-state index is -0.709. The molecule has 0 saturated carbocycles. The Hall–Kier alpha value is -1.30. The number of nitrogens with two attached hydrogens (primary N) is 1. The molecule has 1 aliphatic rings. The summed E-state index contributed by atoms with van der Waals surface area (Å²) in [4.78, 5) is 14.2. The van der Waals surface area contributed by atoms with E-state index in [4.69, 9.17) is 17.3 Å². The Kier molecular flexibility index (Phi) is 4.22. The molecule has 6 heteroatoms. The Morgan fingerprint density at radius 2 is 2.30 bits per heavy atom. The summed E-state index contributed by atoms with van der Waals surface area (Å²) < 4.78 is 0. The molecule has 20 heavy (non-hydrogen) atoms. The third-order valence-electron chi connectivity index (χ3n) is 3.67.